The monoisotopic (exact) mass is 465 g/mol. The molecule has 0 aromatic heterocycles. The van der Waals surface area contributed by atoms with Crippen molar-refractivity contribution in [3.05, 3.63) is 71.8 Å². The van der Waals surface area contributed by atoms with Gasteiger partial charge in [-0.1, -0.05) is 87.4 Å². The molecule has 1 atom stereocenters. The van der Waals surface area contributed by atoms with Crippen LogP contribution in [0.15, 0.2) is 60.7 Å². The molecule has 0 unspecified atom stereocenters. The molecule has 0 radical (unpaired) electrons. The molecule has 2 aromatic carbocycles. The van der Waals surface area contributed by atoms with Gasteiger partial charge in [0.25, 0.3) is 5.91 Å². The van der Waals surface area contributed by atoms with Crippen molar-refractivity contribution in [2.24, 2.45) is 5.92 Å². The van der Waals surface area contributed by atoms with Crippen molar-refractivity contribution in [2.75, 3.05) is 33.7 Å². The minimum Gasteiger partial charge on any atom is -0.375 e. The van der Waals surface area contributed by atoms with E-state index in [2.05, 4.69) is 44.4 Å². The maximum Gasteiger partial charge on any atom is 0.259 e. The minimum atomic E-state index is -1.39. The summed E-state index contributed by atoms with van der Waals surface area (Å²) < 4.78 is 0.975. The molecule has 2 aliphatic rings. The molecule has 1 heterocycles. The number of quaternary nitrogens is 1. The van der Waals surface area contributed by atoms with Crippen LogP contribution < -0.4 is 0 Å². The van der Waals surface area contributed by atoms with E-state index in [1.54, 1.807) is 0 Å². The molecule has 0 bridgehead atoms. The average Bonchev–Trinajstić information content (AvgIpc) is 3.45. The summed E-state index contributed by atoms with van der Waals surface area (Å²) in [5, 5.41) is 11.8. The van der Waals surface area contributed by atoms with Crippen LogP contribution in [0, 0.1) is 5.92 Å². The molecule has 1 aliphatic heterocycles. The van der Waals surface area contributed by atoms with Crippen LogP contribution in [0.1, 0.15) is 63.5 Å². The second-order valence-electron chi connectivity index (χ2n) is 10.4. The van der Waals surface area contributed by atoms with Crippen molar-refractivity contribution in [3.63, 3.8) is 0 Å². The fourth-order valence-electron chi connectivity index (χ4n) is 5.82. The zero-order valence-corrected chi connectivity index (χ0v) is 21.7. The molecule has 2 fully saturated rings. The third kappa shape index (κ3) is 5.90. The summed E-state index contributed by atoms with van der Waals surface area (Å²) in [5.74, 6) is -0.0585. The van der Waals surface area contributed by atoms with Gasteiger partial charge in [-0.2, -0.15) is 0 Å². The summed E-state index contributed by atoms with van der Waals surface area (Å²) in [5.41, 5.74) is 0.760. The molecule has 1 saturated heterocycles. The highest BCUT2D eigenvalue weighted by atomic mass is 16.3. The fraction of sp³-hybridized carbons (Fsp3) is 0.567. The third-order valence-electron chi connectivity index (χ3n) is 8.05. The lowest BCUT2D eigenvalue weighted by Crippen LogP contribution is -2.58. The Labute approximate surface area is 207 Å². The number of nitrogens with zero attached hydrogens (tertiary/aromatic N) is 2. The number of aliphatic hydroxyl groups is 1. The van der Waals surface area contributed by atoms with Gasteiger partial charge in [0.15, 0.2) is 5.60 Å². The molecule has 1 saturated carbocycles. The summed E-state index contributed by atoms with van der Waals surface area (Å²) in [4.78, 5) is 15.7. The van der Waals surface area contributed by atoms with Crippen molar-refractivity contribution in [2.45, 2.75) is 70.4 Å². The SMILES string of the molecule is CC.C[N+](C)(CCc1ccccc1)C1CCN(C(=O)[C@](O)(c2ccccc2)C2CCCC2)CC1. The predicted octanol–water partition coefficient (Wildman–Crippen LogP) is 5.40. The second kappa shape index (κ2) is 12.0. The Morgan fingerprint density at radius 2 is 1.44 bits per heavy atom. The van der Waals surface area contributed by atoms with E-state index in [4.69, 9.17) is 0 Å². The fourth-order valence-corrected chi connectivity index (χ4v) is 5.82. The van der Waals surface area contributed by atoms with E-state index in [1.165, 1.54) is 5.56 Å². The minimum absolute atomic E-state index is 0.0215. The quantitative estimate of drug-likeness (QED) is 0.556. The molecule has 4 nitrogen and oxygen atoms in total. The van der Waals surface area contributed by atoms with Gasteiger partial charge in [0, 0.05) is 38.3 Å². The van der Waals surface area contributed by atoms with Gasteiger partial charge in [-0.3, -0.25) is 4.79 Å². The summed E-state index contributed by atoms with van der Waals surface area (Å²) in [6.07, 6.45) is 7.10. The molecule has 0 spiro atoms. The van der Waals surface area contributed by atoms with Gasteiger partial charge in [0.2, 0.25) is 0 Å². The first-order valence-corrected chi connectivity index (χ1v) is 13.3. The zero-order valence-electron chi connectivity index (χ0n) is 21.7. The molecule has 4 heteroatoms. The first-order chi connectivity index (χ1) is 16.4. The topological polar surface area (TPSA) is 40.5 Å². The lowest BCUT2D eigenvalue weighted by Gasteiger charge is -2.45. The second-order valence-corrected chi connectivity index (χ2v) is 10.4. The number of carbonyl (C=O) groups is 1. The first-order valence-electron chi connectivity index (χ1n) is 13.3. The van der Waals surface area contributed by atoms with Gasteiger partial charge >= 0.3 is 0 Å². The van der Waals surface area contributed by atoms with Gasteiger partial charge in [0.1, 0.15) is 0 Å². The Hall–Kier alpha value is -2.17. The number of likely N-dealkylation sites (tertiary alicyclic amines) is 1. The van der Waals surface area contributed by atoms with E-state index in [0.717, 1.165) is 74.6 Å². The van der Waals surface area contributed by atoms with E-state index in [1.807, 2.05) is 49.1 Å². The molecule has 1 aliphatic carbocycles. The molecule has 2 aromatic rings. The van der Waals surface area contributed by atoms with Gasteiger partial charge in [-0.25, -0.2) is 0 Å². The predicted molar refractivity (Wildman–Crippen MR) is 140 cm³/mol. The average molecular weight is 466 g/mol. The van der Waals surface area contributed by atoms with Crippen molar-refractivity contribution in [1.29, 1.82) is 0 Å². The Kier molecular flexibility index (Phi) is 9.32. The Balaban J connectivity index is 0.00000158. The van der Waals surface area contributed by atoms with Crippen LogP contribution in [-0.2, 0) is 16.8 Å². The van der Waals surface area contributed by atoms with Crippen LogP contribution in [-0.4, -0.2) is 60.2 Å². The van der Waals surface area contributed by atoms with Crippen LogP contribution in [0.4, 0.5) is 0 Å². The van der Waals surface area contributed by atoms with Gasteiger partial charge in [-0.05, 0) is 24.0 Å². The molecule has 1 amide bonds. The number of amides is 1. The number of likely N-dealkylation sites (N-methyl/N-ethyl adjacent to an activating group) is 1. The van der Waals surface area contributed by atoms with Crippen molar-refractivity contribution >= 4 is 5.91 Å². The number of carbonyl (C=O) groups excluding carboxylic acids is 1. The van der Waals surface area contributed by atoms with Crippen molar-refractivity contribution in [3.8, 4) is 0 Å². The highest BCUT2D eigenvalue weighted by Gasteiger charge is 2.49. The maximum atomic E-state index is 13.7. The first kappa shape index (κ1) is 26.4. The molecule has 1 N–H and O–H groups in total. The van der Waals surface area contributed by atoms with Gasteiger partial charge < -0.3 is 14.5 Å². The normalized spacial score (nSPS) is 19.3. The Morgan fingerprint density at radius 1 is 0.912 bits per heavy atom. The van der Waals surface area contributed by atoms with Gasteiger partial charge in [-0.15, -0.1) is 0 Å². The largest absolute Gasteiger partial charge is 0.375 e. The Bertz CT molecular complexity index is 869. The van der Waals surface area contributed by atoms with E-state index in [0.29, 0.717) is 6.04 Å². The summed E-state index contributed by atoms with van der Waals surface area (Å²) in [6, 6.07) is 20.9. The lowest BCUT2D eigenvalue weighted by atomic mass is 9.78. The van der Waals surface area contributed by atoms with Gasteiger partial charge in [0.05, 0.1) is 26.7 Å². The standard InChI is InChI=1S/C28H39N2O2.C2H6/c1-30(2,22-19-23-11-5-3-6-12-23)26-17-20-29(21-18-26)27(31)28(32,25-15-9-10-16-25)24-13-7-4-8-14-24;1-2/h3-8,11-14,25-26,32H,9-10,15-22H2,1-2H3;1-2H3/q+1;/t28-;/m0./s1. The number of hydrogen-bond donors (Lipinski definition) is 1. The third-order valence-corrected chi connectivity index (χ3v) is 8.05. The zero-order chi connectivity index (χ0) is 24.6. The molecule has 4 rings (SSSR count). The molecule has 34 heavy (non-hydrogen) atoms. The van der Waals surface area contributed by atoms with E-state index < -0.39 is 5.60 Å². The van der Waals surface area contributed by atoms with Crippen molar-refractivity contribution < 1.29 is 14.4 Å². The van der Waals surface area contributed by atoms with Crippen LogP contribution in [0.2, 0.25) is 0 Å². The lowest BCUT2D eigenvalue weighted by molar-refractivity contribution is -0.916. The summed E-state index contributed by atoms with van der Waals surface area (Å²) >= 11 is 0. The summed E-state index contributed by atoms with van der Waals surface area (Å²) in [6.45, 7) is 6.56. The molecular formula is C30H45N2O2+. The van der Waals surface area contributed by atoms with E-state index in [9.17, 15) is 9.90 Å². The molecule has 186 valence electrons. The van der Waals surface area contributed by atoms with Crippen molar-refractivity contribution in [1.82, 2.24) is 4.90 Å². The van der Waals surface area contributed by atoms with Crippen LogP contribution in [0.5, 0.6) is 0 Å². The number of benzene rings is 2. The molecular weight excluding hydrogens is 420 g/mol. The van der Waals surface area contributed by atoms with E-state index >= 15 is 0 Å². The van der Waals surface area contributed by atoms with Crippen LogP contribution in [0.3, 0.4) is 0 Å². The number of hydrogen-bond acceptors (Lipinski definition) is 2. The highest BCUT2D eigenvalue weighted by molar-refractivity contribution is 5.87. The number of rotatable bonds is 7. The number of piperidine rings is 1. The van der Waals surface area contributed by atoms with Crippen LogP contribution >= 0.6 is 0 Å². The Morgan fingerprint density at radius 3 is 2.00 bits per heavy atom. The van der Waals surface area contributed by atoms with Crippen LogP contribution in [0.25, 0.3) is 0 Å². The van der Waals surface area contributed by atoms with E-state index in [-0.39, 0.29) is 11.8 Å². The smallest absolute Gasteiger partial charge is 0.259 e. The maximum absolute atomic E-state index is 13.7. The highest BCUT2D eigenvalue weighted by Crippen LogP contribution is 2.42. The summed E-state index contributed by atoms with van der Waals surface area (Å²) in [7, 11) is 4.65.